The maximum absolute atomic E-state index is 11.5. The van der Waals surface area contributed by atoms with Gasteiger partial charge in [-0.2, -0.15) is 0 Å². The zero-order chi connectivity index (χ0) is 13.9. The Labute approximate surface area is 101 Å². The van der Waals surface area contributed by atoms with Gasteiger partial charge in [0.15, 0.2) is 0 Å². The lowest BCUT2D eigenvalue weighted by Crippen LogP contribution is -2.53. The molecule has 17 heavy (non-hydrogen) atoms. The lowest BCUT2D eigenvalue weighted by molar-refractivity contribution is -0.133. The average molecular weight is 244 g/mol. The van der Waals surface area contributed by atoms with Crippen molar-refractivity contribution in [3.05, 3.63) is 0 Å². The minimum Gasteiger partial charge on any atom is -0.464 e. The van der Waals surface area contributed by atoms with Crippen LogP contribution in [0.5, 0.6) is 0 Å². The van der Waals surface area contributed by atoms with E-state index in [-0.39, 0.29) is 5.71 Å². The van der Waals surface area contributed by atoms with Crippen LogP contribution in [-0.4, -0.2) is 36.0 Å². The highest BCUT2D eigenvalue weighted by molar-refractivity contribution is 6.38. The summed E-state index contributed by atoms with van der Waals surface area (Å²) in [6.07, 6.45) is -0.684. The highest BCUT2D eigenvalue weighted by Gasteiger charge is 2.33. The number of hydrogen-bond donors (Lipinski definition) is 2. The number of esters is 1. The second-order valence-electron chi connectivity index (χ2n) is 5.12. The van der Waals surface area contributed by atoms with E-state index in [4.69, 9.17) is 10.1 Å². The number of alkyl carbamates (subject to hydrolysis) is 1. The molecule has 0 atom stereocenters. The summed E-state index contributed by atoms with van der Waals surface area (Å²) in [5.74, 6) is -0.786. The first-order valence-electron chi connectivity index (χ1n) is 5.18. The molecular weight excluding hydrogens is 224 g/mol. The Morgan fingerprint density at radius 3 is 1.94 bits per heavy atom. The number of carbonyl (C=O) groups is 2. The number of carbonyl (C=O) groups excluding carboxylic acids is 2. The van der Waals surface area contributed by atoms with Crippen molar-refractivity contribution in [2.75, 3.05) is 7.11 Å². The monoisotopic (exact) mass is 244 g/mol. The van der Waals surface area contributed by atoms with Gasteiger partial charge in [0, 0.05) is 0 Å². The Morgan fingerprint density at radius 2 is 1.59 bits per heavy atom. The number of methoxy groups -OCH3 is 1. The lowest BCUT2D eigenvalue weighted by atomic mass is 9.99. The topological polar surface area (TPSA) is 88.5 Å². The summed E-state index contributed by atoms with van der Waals surface area (Å²) in [6, 6.07) is 0. The van der Waals surface area contributed by atoms with Crippen LogP contribution in [0.25, 0.3) is 0 Å². The van der Waals surface area contributed by atoms with E-state index in [2.05, 4.69) is 10.1 Å². The van der Waals surface area contributed by atoms with Gasteiger partial charge in [0.25, 0.3) is 0 Å². The minimum atomic E-state index is -1.14. The van der Waals surface area contributed by atoms with Gasteiger partial charge in [-0.15, -0.1) is 0 Å². The molecule has 2 N–H and O–H groups in total. The molecular formula is C11H20N2O4. The van der Waals surface area contributed by atoms with E-state index < -0.39 is 23.2 Å². The van der Waals surface area contributed by atoms with Crippen LogP contribution in [0.15, 0.2) is 0 Å². The molecule has 0 aromatic heterocycles. The Bertz CT molecular complexity index is 329. The smallest absolute Gasteiger partial charge is 0.408 e. The third-order valence-corrected chi connectivity index (χ3v) is 1.83. The first-order chi connectivity index (χ1) is 7.49. The van der Waals surface area contributed by atoms with E-state index >= 15 is 0 Å². The molecule has 0 radical (unpaired) electrons. The number of hydrogen-bond acceptors (Lipinski definition) is 5. The Balaban J connectivity index is 4.60. The van der Waals surface area contributed by atoms with E-state index in [0.717, 1.165) is 0 Å². The average Bonchev–Trinajstić information content (AvgIpc) is 2.11. The molecule has 0 fully saturated rings. The standard InChI is InChI=1S/C11H20N2O4/c1-10(2,3)17-9(15)13-11(4,5)7(12)8(14)16-6/h12H,1-6H3,(H,13,15). The fraction of sp³-hybridized carbons (Fsp3) is 0.727. The van der Waals surface area contributed by atoms with Crippen molar-refractivity contribution in [2.45, 2.75) is 45.8 Å². The second kappa shape index (κ2) is 5.16. The summed E-state index contributed by atoms with van der Waals surface area (Å²) >= 11 is 0. The van der Waals surface area contributed by atoms with Crippen LogP contribution in [0.3, 0.4) is 0 Å². The Morgan fingerprint density at radius 1 is 1.12 bits per heavy atom. The molecule has 0 bridgehead atoms. The minimum absolute atomic E-state index is 0.342. The van der Waals surface area contributed by atoms with Crippen molar-refractivity contribution in [1.29, 1.82) is 5.41 Å². The Hall–Kier alpha value is -1.59. The molecule has 0 aliphatic carbocycles. The Kier molecular flexibility index (Phi) is 4.68. The summed E-state index contributed by atoms with van der Waals surface area (Å²) in [7, 11) is 1.18. The summed E-state index contributed by atoms with van der Waals surface area (Å²) in [4.78, 5) is 22.7. The van der Waals surface area contributed by atoms with E-state index in [1.165, 1.54) is 21.0 Å². The summed E-state index contributed by atoms with van der Waals surface area (Å²) in [5.41, 5.74) is -2.12. The highest BCUT2D eigenvalue weighted by Crippen LogP contribution is 2.10. The third kappa shape index (κ3) is 5.33. The molecule has 0 saturated carbocycles. The van der Waals surface area contributed by atoms with Gasteiger partial charge in [0.2, 0.25) is 0 Å². The molecule has 0 unspecified atom stereocenters. The molecule has 1 amide bonds. The summed E-state index contributed by atoms with van der Waals surface area (Å²) in [5, 5.41) is 10.0. The van der Waals surface area contributed by atoms with Crippen LogP contribution < -0.4 is 5.32 Å². The largest absolute Gasteiger partial charge is 0.464 e. The molecule has 0 saturated heterocycles. The fourth-order valence-corrected chi connectivity index (χ4v) is 0.978. The molecule has 0 spiro atoms. The van der Waals surface area contributed by atoms with E-state index in [1.807, 2.05) is 0 Å². The molecule has 6 nitrogen and oxygen atoms in total. The summed E-state index contributed by atoms with van der Waals surface area (Å²) in [6.45, 7) is 8.23. The molecule has 0 aliphatic heterocycles. The maximum atomic E-state index is 11.5. The van der Waals surface area contributed by atoms with Crippen LogP contribution in [0.2, 0.25) is 0 Å². The van der Waals surface area contributed by atoms with Crippen LogP contribution in [0.1, 0.15) is 34.6 Å². The quantitative estimate of drug-likeness (QED) is 0.581. The van der Waals surface area contributed by atoms with Gasteiger partial charge in [-0.1, -0.05) is 0 Å². The predicted octanol–water partition coefficient (Wildman–Crippen LogP) is 1.48. The van der Waals surface area contributed by atoms with Gasteiger partial charge in [0.05, 0.1) is 12.6 Å². The maximum Gasteiger partial charge on any atom is 0.408 e. The zero-order valence-electron chi connectivity index (χ0n) is 11.1. The van der Waals surface area contributed by atoms with E-state index in [1.54, 1.807) is 20.8 Å². The van der Waals surface area contributed by atoms with Gasteiger partial charge in [-0.3, -0.25) is 5.41 Å². The molecule has 6 heteroatoms. The van der Waals surface area contributed by atoms with Gasteiger partial charge >= 0.3 is 12.1 Å². The van der Waals surface area contributed by atoms with Crippen LogP contribution in [0.4, 0.5) is 4.79 Å². The normalized spacial score (nSPS) is 11.6. The lowest BCUT2D eigenvalue weighted by Gasteiger charge is -2.28. The first kappa shape index (κ1) is 15.4. The van der Waals surface area contributed by atoms with Crippen molar-refractivity contribution in [3.63, 3.8) is 0 Å². The zero-order valence-corrected chi connectivity index (χ0v) is 11.1. The highest BCUT2D eigenvalue weighted by atomic mass is 16.6. The number of ether oxygens (including phenoxy) is 2. The van der Waals surface area contributed by atoms with Gasteiger partial charge in [0.1, 0.15) is 11.3 Å². The van der Waals surface area contributed by atoms with Gasteiger partial charge in [-0.05, 0) is 34.6 Å². The van der Waals surface area contributed by atoms with E-state index in [9.17, 15) is 9.59 Å². The third-order valence-electron chi connectivity index (χ3n) is 1.83. The van der Waals surface area contributed by atoms with Crippen molar-refractivity contribution < 1.29 is 19.1 Å². The molecule has 0 aliphatic rings. The number of amides is 1. The second-order valence-corrected chi connectivity index (χ2v) is 5.12. The van der Waals surface area contributed by atoms with Crippen LogP contribution in [-0.2, 0) is 14.3 Å². The van der Waals surface area contributed by atoms with Crippen molar-refractivity contribution in [2.24, 2.45) is 0 Å². The van der Waals surface area contributed by atoms with Crippen LogP contribution in [0, 0.1) is 5.41 Å². The molecule has 0 aromatic carbocycles. The number of nitrogens with one attached hydrogen (secondary N) is 2. The number of rotatable bonds is 3. The summed E-state index contributed by atoms with van der Waals surface area (Å²) < 4.78 is 9.46. The van der Waals surface area contributed by atoms with Crippen molar-refractivity contribution >= 4 is 17.8 Å². The SMILES string of the molecule is COC(=O)C(=N)C(C)(C)NC(=O)OC(C)(C)C. The molecule has 0 rings (SSSR count). The molecule has 98 valence electrons. The van der Waals surface area contributed by atoms with Crippen LogP contribution >= 0.6 is 0 Å². The van der Waals surface area contributed by atoms with Gasteiger partial charge < -0.3 is 14.8 Å². The predicted molar refractivity (Wildman–Crippen MR) is 63.2 cm³/mol. The van der Waals surface area contributed by atoms with Crippen molar-refractivity contribution in [3.8, 4) is 0 Å². The van der Waals surface area contributed by atoms with Gasteiger partial charge in [-0.25, -0.2) is 9.59 Å². The fourth-order valence-electron chi connectivity index (χ4n) is 0.978. The van der Waals surface area contributed by atoms with E-state index in [0.29, 0.717) is 0 Å². The van der Waals surface area contributed by atoms with Crippen molar-refractivity contribution in [1.82, 2.24) is 5.32 Å². The molecule has 0 aromatic rings. The first-order valence-corrected chi connectivity index (χ1v) is 5.18. The molecule has 0 heterocycles.